The van der Waals surface area contributed by atoms with E-state index in [-0.39, 0.29) is 5.95 Å². The number of rotatable bonds is 6. The second-order valence-corrected chi connectivity index (χ2v) is 7.48. The predicted octanol–water partition coefficient (Wildman–Crippen LogP) is 3.41. The number of benzene rings is 1. The van der Waals surface area contributed by atoms with Crippen molar-refractivity contribution >= 4 is 46.1 Å². The van der Waals surface area contributed by atoms with Gasteiger partial charge in [-0.15, -0.1) is 11.3 Å². The molecule has 1 unspecified atom stereocenters. The van der Waals surface area contributed by atoms with Crippen LogP contribution >= 0.6 is 22.9 Å². The number of hydrogen-bond donors (Lipinski definition) is 3. The van der Waals surface area contributed by atoms with Gasteiger partial charge in [-0.1, -0.05) is 23.4 Å². The molecule has 0 aliphatic carbocycles. The molecule has 0 saturated carbocycles. The minimum Gasteiger partial charge on any atom is -0.383 e. The van der Waals surface area contributed by atoms with Crippen molar-refractivity contribution in [3.63, 3.8) is 0 Å². The van der Waals surface area contributed by atoms with Gasteiger partial charge in [0.05, 0.1) is 29.7 Å². The number of ether oxygens (including phenoxy) is 1. The molecule has 1 atom stereocenters. The third-order valence-electron chi connectivity index (χ3n) is 3.83. The molecule has 8 nitrogen and oxygen atoms in total. The van der Waals surface area contributed by atoms with Gasteiger partial charge in [0.2, 0.25) is 5.95 Å². The van der Waals surface area contributed by atoms with Crippen molar-refractivity contribution in [1.29, 1.82) is 0 Å². The van der Waals surface area contributed by atoms with Crippen LogP contribution in [0.3, 0.4) is 0 Å². The van der Waals surface area contributed by atoms with Crippen LogP contribution in [0.1, 0.15) is 12.5 Å². The Morgan fingerprint density at radius 2 is 2.23 bits per heavy atom. The average molecular weight is 461 g/mol. The van der Waals surface area contributed by atoms with E-state index in [0.29, 0.717) is 24.0 Å². The third-order valence-corrected chi connectivity index (χ3v) is 4.63. The minimum atomic E-state index is -0.702. The van der Waals surface area contributed by atoms with Crippen molar-refractivity contribution in [2.45, 2.75) is 13.0 Å². The molecule has 31 heavy (non-hydrogen) atoms. The van der Waals surface area contributed by atoms with Gasteiger partial charge in [0, 0.05) is 37.8 Å². The fourth-order valence-corrected chi connectivity index (χ4v) is 2.84. The van der Waals surface area contributed by atoms with E-state index in [1.807, 2.05) is 35.5 Å². The zero-order chi connectivity index (χ0) is 22.6. The van der Waals surface area contributed by atoms with Gasteiger partial charge in [0.15, 0.2) is 5.82 Å². The van der Waals surface area contributed by atoms with Crippen LogP contribution in [0.2, 0.25) is 5.02 Å². The highest BCUT2D eigenvalue weighted by molar-refractivity contribution is 7.07. The molecule has 0 spiro atoms. The van der Waals surface area contributed by atoms with Crippen LogP contribution in [0.15, 0.2) is 41.5 Å². The van der Waals surface area contributed by atoms with Crippen molar-refractivity contribution < 1.29 is 9.84 Å². The number of nitrogen functional groups attached to an aromatic ring is 1. The number of nitrogens with two attached hydrogens (primary N) is 1. The van der Waals surface area contributed by atoms with Crippen LogP contribution in [-0.2, 0) is 4.74 Å². The number of aromatic nitrogens is 3. The first-order chi connectivity index (χ1) is 14.9. The molecule has 2 aromatic heterocycles. The summed E-state index contributed by atoms with van der Waals surface area (Å²) in [5, 5.41) is 14.8. The lowest BCUT2D eigenvalue weighted by Gasteiger charge is -2.23. The van der Waals surface area contributed by atoms with Crippen LogP contribution in [-0.4, -0.2) is 53.5 Å². The Morgan fingerprint density at radius 3 is 2.84 bits per heavy atom. The molecule has 0 fully saturated rings. The Kier molecular flexibility index (Phi) is 10.00. The topological polar surface area (TPSA) is 109 Å². The number of nitrogens with zero attached hydrogens (tertiary/aromatic N) is 4. The van der Waals surface area contributed by atoms with Crippen LogP contribution in [0.5, 0.6) is 0 Å². The first kappa shape index (κ1) is 24.4. The zero-order valence-electron chi connectivity index (χ0n) is 17.5. The summed E-state index contributed by atoms with van der Waals surface area (Å²) < 4.78 is 5.15. The summed E-state index contributed by atoms with van der Waals surface area (Å²) in [5.41, 5.74) is 9.86. The molecule has 0 bridgehead atoms. The molecule has 4 N–H and O–H groups in total. The standard InChI is InChI=1S/C18H22ClN5O2.C3H3NS/c1-12(25)4-5-13-6-7-16(24(2)8-9-26-3)15(10-13)22-17-14(19)11-21-18(20)23-17;1-2-5-3-4-1/h6-7,10-12,25H,8-9H2,1-3H3,(H3,20,21,22,23);1-3H. The van der Waals surface area contributed by atoms with Crippen LogP contribution in [0.4, 0.5) is 23.1 Å². The van der Waals surface area contributed by atoms with Crippen molar-refractivity contribution in [3.05, 3.63) is 52.1 Å². The van der Waals surface area contributed by atoms with Gasteiger partial charge in [-0.05, 0) is 25.1 Å². The number of aliphatic hydroxyl groups is 1. The maximum absolute atomic E-state index is 9.37. The van der Waals surface area contributed by atoms with Crippen LogP contribution < -0.4 is 16.0 Å². The molecule has 0 aliphatic heterocycles. The summed E-state index contributed by atoms with van der Waals surface area (Å²) in [5.74, 6) is 6.19. The van der Waals surface area contributed by atoms with Crippen molar-refractivity contribution in [3.8, 4) is 11.8 Å². The molecular formula is C21H25ClN6O2S. The van der Waals surface area contributed by atoms with E-state index < -0.39 is 6.10 Å². The number of likely N-dealkylation sites (N-methyl/N-ethyl adjacent to an activating group) is 1. The highest BCUT2D eigenvalue weighted by Gasteiger charge is 2.12. The molecule has 1 aromatic carbocycles. The van der Waals surface area contributed by atoms with Gasteiger partial charge in [0.1, 0.15) is 11.1 Å². The van der Waals surface area contributed by atoms with Gasteiger partial charge in [-0.25, -0.2) is 4.98 Å². The fourth-order valence-electron chi connectivity index (χ4n) is 2.35. The Hall–Kier alpha value is -2.90. The summed E-state index contributed by atoms with van der Waals surface area (Å²) >= 11 is 7.77. The molecule has 3 rings (SSSR count). The number of nitrogens with one attached hydrogen (secondary N) is 1. The predicted molar refractivity (Wildman–Crippen MR) is 127 cm³/mol. The second-order valence-electron chi connectivity index (χ2n) is 6.32. The SMILES string of the molecule is COCCN(C)c1ccc(C#CC(C)O)cc1Nc1nc(N)ncc1Cl.c1cscn1. The number of halogens is 1. The highest BCUT2D eigenvalue weighted by Crippen LogP contribution is 2.31. The second kappa shape index (κ2) is 12.7. The summed E-state index contributed by atoms with van der Waals surface area (Å²) in [7, 11) is 3.61. The fraction of sp³-hybridized carbons (Fsp3) is 0.286. The first-order valence-electron chi connectivity index (χ1n) is 9.31. The molecule has 164 valence electrons. The monoisotopic (exact) mass is 460 g/mol. The number of anilines is 4. The molecule has 3 aromatic rings. The van der Waals surface area contributed by atoms with Gasteiger partial charge >= 0.3 is 0 Å². The molecule has 0 radical (unpaired) electrons. The molecule has 10 heteroatoms. The Bertz CT molecular complexity index is 988. The van der Waals surface area contributed by atoms with E-state index in [0.717, 1.165) is 16.9 Å². The zero-order valence-corrected chi connectivity index (χ0v) is 19.1. The van der Waals surface area contributed by atoms with E-state index in [2.05, 4.69) is 32.1 Å². The summed E-state index contributed by atoms with van der Waals surface area (Å²) in [6.07, 6.45) is 2.51. The van der Waals surface area contributed by atoms with Gasteiger partial charge in [-0.2, -0.15) is 4.98 Å². The van der Waals surface area contributed by atoms with Crippen LogP contribution in [0, 0.1) is 11.8 Å². The minimum absolute atomic E-state index is 0.122. The van der Waals surface area contributed by atoms with Crippen molar-refractivity contribution in [2.24, 2.45) is 0 Å². The number of hydrogen-bond acceptors (Lipinski definition) is 9. The normalized spacial score (nSPS) is 10.9. The molecular weight excluding hydrogens is 436 g/mol. The summed E-state index contributed by atoms with van der Waals surface area (Å²) in [6, 6.07) is 5.68. The van der Waals surface area contributed by atoms with E-state index in [1.165, 1.54) is 6.20 Å². The van der Waals surface area contributed by atoms with Crippen molar-refractivity contribution in [1.82, 2.24) is 15.0 Å². The van der Waals surface area contributed by atoms with E-state index in [4.69, 9.17) is 22.1 Å². The van der Waals surface area contributed by atoms with Gasteiger partial charge in [-0.3, -0.25) is 4.98 Å². The molecule has 0 amide bonds. The third kappa shape index (κ3) is 8.39. The summed E-state index contributed by atoms with van der Waals surface area (Å²) in [6.45, 7) is 2.90. The lowest BCUT2D eigenvalue weighted by Crippen LogP contribution is -2.23. The molecule has 0 saturated heterocycles. The van der Waals surface area contributed by atoms with Gasteiger partial charge < -0.3 is 25.8 Å². The Balaban J connectivity index is 0.000000597. The highest BCUT2D eigenvalue weighted by atomic mass is 35.5. The largest absolute Gasteiger partial charge is 0.383 e. The molecule has 0 aliphatic rings. The van der Waals surface area contributed by atoms with Crippen LogP contribution in [0.25, 0.3) is 0 Å². The smallest absolute Gasteiger partial charge is 0.222 e. The van der Waals surface area contributed by atoms with E-state index in [9.17, 15) is 5.11 Å². The maximum Gasteiger partial charge on any atom is 0.222 e. The van der Waals surface area contributed by atoms with E-state index in [1.54, 1.807) is 37.1 Å². The number of aliphatic hydroxyl groups excluding tert-OH is 1. The van der Waals surface area contributed by atoms with Crippen molar-refractivity contribution in [2.75, 3.05) is 43.3 Å². The van der Waals surface area contributed by atoms with Gasteiger partial charge in [0.25, 0.3) is 0 Å². The number of thiazole rings is 1. The Labute approximate surface area is 191 Å². The lowest BCUT2D eigenvalue weighted by molar-refractivity contribution is 0.206. The maximum atomic E-state index is 9.37. The quantitative estimate of drug-likeness (QED) is 0.480. The first-order valence-corrected chi connectivity index (χ1v) is 10.6. The lowest BCUT2D eigenvalue weighted by atomic mass is 10.1. The number of methoxy groups -OCH3 is 1. The average Bonchev–Trinajstić information content (AvgIpc) is 3.33. The summed E-state index contributed by atoms with van der Waals surface area (Å²) in [4.78, 5) is 13.8. The molecule has 2 heterocycles. The van der Waals surface area contributed by atoms with E-state index >= 15 is 0 Å². The Morgan fingerprint density at radius 1 is 1.42 bits per heavy atom.